The van der Waals surface area contributed by atoms with Crippen molar-refractivity contribution in [3.63, 3.8) is 0 Å². The molecule has 0 saturated heterocycles. The molecule has 0 atom stereocenters. The highest BCUT2D eigenvalue weighted by Crippen LogP contribution is 2.14. The molecule has 0 unspecified atom stereocenters. The Kier molecular flexibility index (Phi) is 1.84. The lowest BCUT2D eigenvalue weighted by molar-refractivity contribution is 0.564. The van der Waals surface area contributed by atoms with Crippen LogP contribution >= 0.6 is 0 Å². The predicted octanol–water partition coefficient (Wildman–Crippen LogP) is 1.03. The van der Waals surface area contributed by atoms with E-state index in [2.05, 4.69) is 15.2 Å². The van der Waals surface area contributed by atoms with Crippen LogP contribution in [0.5, 0.6) is 0 Å². The third kappa shape index (κ3) is 1.22. The number of hydrogen-bond acceptors (Lipinski definition) is 4. The summed E-state index contributed by atoms with van der Waals surface area (Å²) >= 11 is 0. The fourth-order valence-corrected chi connectivity index (χ4v) is 1.19. The van der Waals surface area contributed by atoms with E-state index in [9.17, 15) is 0 Å². The molecule has 2 aromatic heterocycles. The molecule has 2 aromatic rings. The predicted molar refractivity (Wildman–Crippen MR) is 45.9 cm³/mol. The van der Waals surface area contributed by atoms with Gasteiger partial charge in [-0.15, -0.1) is 10.2 Å². The zero-order valence-electron chi connectivity index (χ0n) is 7.56. The van der Waals surface area contributed by atoms with Crippen LogP contribution in [0.3, 0.4) is 0 Å². The summed E-state index contributed by atoms with van der Waals surface area (Å²) in [7, 11) is 1.90. The molecule has 0 aromatic carbocycles. The van der Waals surface area contributed by atoms with E-state index in [-0.39, 0.29) is 0 Å². The van der Waals surface area contributed by atoms with Crippen molar-refractivity contribution in [3.8, 4) is 11.7 Å². The lowest BCUT2D eigenvalue weighted by atomic mass is 10.4. The first-order chi connectivity index (χ1) is 6.33. The van der Waals surface area contributed by atoms with Crippen LogP contribution in [0, 0.1) is 0 Å². The Hall–Kier alpha value is -1.65. The lowest BCUT2D eigenvalue weighted by Crippen LogP contribution is -1.97. The molecule has 2 heterocycles. The number of rotatable bonds is 2. The van der Waals surface area contributed by atoms with E-state index in [1.807, 2.05) is 18.5 Å². The number of nitrogens with zero attached hydrogens (tertiary/aromatic N) is 4. The van der Waals surface area contributed by atoms with Gasteiger partial charge in [-0.2, -0.15) is 0 Å². The van der Waals surface area contributed by atoms with E-state index in [0.29, 0.717) is 11.7 Å². The lowest BCUT2D eigenvalue weighted by Gasteiger charge is -1.97. The third-order valence-corrected chi connectivity index (χ3v) is 1.90. The van der Waals surface area contributed by atoms with E-state index in [0.717, 1.165) is 12.2 Å². The van der Waals surface area contributed by atoms with Gasteiger partial charge in [-0.3, -0.25) is 0 Å². The molecule has 68 valence electrons. The van der Waals surface area contributed by atoms with Gasteiger partial charge in [0.15, 0.2) is 0 Å². The van der Waals surface area contributed by atoms with Crippen molar-refractivity contribution in [2.45, 2.75) is 13.3 Å². The van der Waals surface area contributed by atoms with Crippen molar-refractivity contribution in [2.75, 3.05) is 0 Å². The first kappa shape index (κ1) is 7.97. The summed E-state index contributed by atoms with van der Waals surface area (Å²) in [5.41, 5.74) is 0. The molecule has 0 aliphatic rings. The number of oxazole rings is 1. The monoisotopic (exact) mass is 178 g/mol. The first-order valence-corrected chi connectivity index (χ1v) is 4.11. The van der Waals surface area contributed by atoms with E-state index < -0.39 is 0 Å². The molecule has 0 spiro atoms. The molecule has 0 bridgehead atoms. The minimum Gasteiger partial charge on any atom is -0.442 e. The first-order valence-electron chi connectivity index (χ1n) is 4.11. The van der Waals surface area contributed by atoms with Gasteiger partial charge in [-0.05, 0) is 0 Å². The topological polar surface area (TPSA) is 56.7 Å². The van der Waals surface area contributed by atoms with Crippen molar-refractivity contribution in [3.05, 3.63) is 18.3 Å². The molecule has 0 aliphatic heterocycles. The van der Waals surface area contributed by atoms with E-state index in [1.54, 1.807) is 6.20 Å². The van der Waals surface area contributed by atoms with Crippen LogP contribution in [-0.4, -0.2) is 19.7 Å². The molecule has 13 heavy (non-hydrogen) atoms. The van der Waals surface area contributed by atoms with Crippen LogP contribution in [0.4, 0.5) is 0 Å². The van der Waals surface area contributed by atoms with Crippen molar-refractivity contribution in [1.82, 2.24) is 19.7 Å². The highest BCUT2D eigenvalue weighted by molar-refractivity contribution is 5.39. The second-order valence-electron chi connectivity index (χ2n) is 2.69. The van der Waals surface area contributed by atoms with Gasteiger partial charge in [0.05, 0.1) is 6.20 Å². The van der Waals surface area contributed by atoms with Gasteiger partial charge in [-0.25, -0.2) is 4.98 Å². The zero-order valence-corrected chi connectivity index (χ0v) is 7.56. The van der Waals surface area contributed by atoms with E-state index in [1.165, 1.54) is 6.26 Å². The van der Waals surface area contributed by atoms with Gasteiger partial charge in [0.1, 0.15) is 12.1 Å². The number of aryl methyl sites for hydroxylation is 1. The molecule has 0 amide bonds. The Bertz CT molecular complexity index is 390. The highest BCUT2D eigenvalue weighted by atomic mass is 16.3. The van der Waals surface area contributed by atoms with E-state index >= 15 is 0 Å². The largest absolute Gasteiger partial charge is 0.442 e. The minimum absolute atomic E-state index is 0.509. The van der Waals surface area contributed by atoms with Crippen LogP contribution in [0.2, 0.25) is 0 Å². The Balaban J connectivity index is 2.48. The van der Waals surface area contributed by atoms with Crippen LogP contribution in [0.25, 0.3) is 11.7 Å². The van der Waals surface area contributed by atoms with Crippen molar-refractivity contribution in [2.24, 2.45) is 7.05 Å². The molecule has 0 aliphatic carbocycles. The standard InChI is InChI=1S/C8H10N4O/c1-3-6-10-11-7(12(6)2)8-9-4-5-13-8/h4-5H,3H2,1-2H3. The summed E-state index contributed by atoms with van der Waals surface area (Å²) in [5, 5.41) is 7.99. The molecule has 0 saturated carbocycles. The second kappa shape index (κ2) is 3.01. The molecule has 5 nitrogen and oxygen atoms in total. The smallest absolute Gasteiger partial charge is 0.264 e. The van der Waals surface area contributed by atoms with Crippen LogP contribution in [-0.2, 0) is 13.5 Å². The maximum Gasteiger partial charge on any atom is 0.264 e. The van der Waals surface area contributed by atoms with Crippen LogP contribution in [0.1, 0.15) is 12.7 Å². The van der Waals surface area contributed by atoms with Gasteiger partial charge in [0, 0.05) is 13.5 Å². The Morgan fingerprint density at radius 1 is 1.46 bits per heavy atom. The Morgan fingerprint density at radius 3 is 2.85 bits per heavy atom. The van der Waals surface area contributed by atoms with Crippen LogP contribution in [0.15, 0.2) is 16.9 Å². The molecular weight excluding hydrogens is 168 g/mol. The van der Waals surface area contributed by atoms with Crippen LogP contribution < -0.4 is 0 Å². The summed E-state index contributed by atoms with van der Waals surface area (Å²) < 4.78 is 7.00. The fourth-order valence-electron chi connectivity index (χ4n) is 1.19. The molecule has 5 heteroatoms. The Labute approximate surface area is 75.4 Å². The maximum absolute atomic E-state index is 5.12. The quantitative estimate of drug-likeness (QED) is 0.689. The third-order valence-electron chi connectivity index (χ3n) is 1.90. The minimum atomic E-state index is 0.509. The molecular formula is C8H10N4O. The van der Waals surface area contributed by atoms with Gasteiger partial charge < -0.3 is 8.98 Å². The molecule has 0 N–H and O–H groups in total. The van der Waals surface area contributed by atoms with Gasteiger partial charge in [0.25, 0.3) is 5.89 Å². The van der Waals surface area contributed by atoms with Crippen molar-refractivity contribution >= 4 is 0 Å². The molecule has 0 fully saturated rings. The summed E-state index contributed by atoms with van der Waals surface area (Å²) in [6.07, 6.45) is 3.97. The molecule has 2 rings (SSSR count). The Morgan fingerprint density at radius 2 is 2.31 bits per heavy atom. The normalized spacial score (nSPS) is 10.6. The van der Waals surface area contributed by atoms with Crippen molar-refractivity contribution < 1.29 is 4.42 Å². The fraction of sp³-hybridized carbons (Fsp3) is 0.375. The average Bonchev–Trinajstić information content (AvgIpc) is 2.72. The summed E-state index contributed by atoms with van der Waals surface area (Å²) in [6.45, 7) is 2.03. The van der Waals surface area contributed by atoms with E-state index in [4.69, 9.17) is 4.42 Å². The summed E-state index contributed by atoms with van der Waals surface area (Å²) in [6, 6.07) is 0. The number of hydrogen-bond donors (Lipinski definition) is 0. The molecule has 0 radical (unpaired) electrons. The average molecular weight is 178 g/mol. The second-order valence-corrected chi connectivity index (χ2v) is 2.69. The SMILES string of the molecule is CCc1nnc(-c2ncco2)n1C. The van der Waals surface area contributed by atoms with Gasteiger partial charge >= 0.3 is 0 Å². The maximum atomic E-state index is 5.12. The van der Waals surface area contributed by atoms with Gasteiger partial charge in [0.2, 0.25) is 5.82 Å². The summed E-state index contributed by atoms with van der Waals surface area (Å²) in [5.74, 6) is 2.10. The zero-order chi connectivity index (χ0) is 9.26. The number of aromatic nitrogens is 4. The summed E-state index contributed by atoms with van der Waals surface area (Å²) in [4.78, 5) is 4.00. The van der Waals surface area contributed by atoms with Gasteiger partial charge in [-0.1, -0.05) is 6.92 Å². The highest BCUT2D eigenvalue weighted by Gasteiger charge is 2.12. The van der Waals surface area contributed by atoms with Crippen molar-refractivity contribution in [1.29, 1.82) is 0 Å².